The molecule has 0 aliphatic carbocycles. The van der Waals surface area contributed by atoms with E-state index in [0.717, 1.165) is 11.3 Å². The molecule has 2 aromatic rings. The van der Waals surface area contributed by atoms with Crippen molar-refractivity contribution in [3.05, 3.63) is 34.3 Å². The summed E-state index contributed by atoms with van der Waals surface area (Å²) in [5, 5.41) is 0.455. The number of aldehydes is 1. The number of hydrogen-bond donors (Lipinski definition) is 0. The first-order valence-electron chi connectivity index (χ1n) is 4.67. The molecule has 0 atom stereocenters. The Morgan fingerprint density at radius 3 is 2.65 bits per heavy atom. The van der Waals surface area contributed by atoms with E-state index in [0.29, 0.717) is 27.9 Å². The van der Waals surface area contributed by atoms with Gasteiger partial charge in [-0.3, -0.25) is 4.79 Å². The number of thiazole rings is 1. The fraction of sp³-hybridized carbons (Fsp3) is 0.0909. The van der Waals surface area contributed by atoms with E-state index in [1.54, 1.807) is 19.2 Å². The standard InChI is InChI=1S/C11H8ClNO3S/c1-15-7-4-2-3-5-8(7)16-11-13-10(12)9(6-14)17-11/h2-6H,1H3. The third kappa shape index (κ3) is 2.57. The van der Waals surface area contributed by atoms with Crippen LogP contribution in [0, 0.1) is 0 Å². The highest BCUT2D eigenvalue weighted by atomic mass is 35.5. The Labute approximate surface area is 107 Å². The molecule has 6 heteroatoms. The molecule has 0 bridgehead atoms. The van der Waals surface area contributed by atoms with Crippen molar-refractivity contribution in [3.8, 4) is 16.7 Å². The first kappa shape index (κ1) is 11.9. The lowest BCUT2D eigenvalue weighted by Crippen LogP contribution is -1.88. The molecule has 0 aliphatic heterocycles. The summed E-state index contributed by atoms with van der Waals surface area (Å²) in [6.45, 7) is 0. The van der Waals surface area contributed by atoms with Crippen molar-refractivity contribution in [3.63, 3.8) is 0 Å². The second-order valence-electron chi connectivity index (χ2n) is 3.01. The SMILES string of the molecule is COc1ccccc1Oc1nc(Cl)c(C=O)s1. The molecule has 1 heterocycles. The van der Waals surface area contributed by atoms with Gasteiger partial charge in [-0.25, -0.2) is 0 Å². The Bertz CT molecular complexity index is 541. The normalized spacial score (nSPS) is 10.0. The zero-order valence-electron chi connectivity index (χ0n) is 8.84. The quantitative estimate of drug-likeness (QED) is 0.798. The first-order chi connectivity index (χ1) is 8.24. The molecule has 0 amide bonds. The minimum absolute atomic E-state index is 0.148. The fourth-order valence-corrected chi connectivity index (χ4v) is 2.13. The average Bonchev–Trinajstić information content (AvgIpc) is 2.70. The molecule has 2 rings (SSSR count). The maximum Gasteiger partial charge on any atom is 0.281 e. The number of methoxy groups -OCH3 is 1. The monoisotopic (exact) mass is 269 g/mol. The second kappa shape index (κ2) is 5.16. The van der Waals surface area contributed by atoms with Gasteiger partial charge in [-0.1, -0.05) is 35.1 Å². The smallest absolute Gasteiger partial charge is 0.281 e. The Kier molecular flexibility index (Phi) is 3.61. The van der Waals surface area contributed by atoms with Crippen LogP contribution in [0.1, 0.15) is 9.67 Å². The topological polar surface area (TPSA) is 48.4 Å². The summed E-state index contributed by atoms with van der Waals surface area (Å²) in [4.78, 5) is 14.9. The van der Waals surface area contributed by atoms with Crippen LogP contribution in [0.4, 0.5) is 0 Å². The Balaban J connectivity index is 2.28. The van der Waals surface area contributed by atoms with Crippen LogP contribution in [-0.2, 0) is 0 Å². The van der Waals surface area contributed by atoms with Crippen LogP contribution in [0.15, 0.2) is 24.3 Å². The van der Waals surface area contributed by atoms with Gasteiger partial charge in [0.1, 0.15) is 4.88 Å². The molecule has 1 aromatic heterocycles. The first-order valence-corrected chi connectivity index (χ1v) is 5.86. The lowest BCUT2D eigenvalue weighted by molar-refractivity contribution is 0.112. The van der Waals surface area contributed by atoms with E-state index in [-0.39, 0.29) is 5.15 Å². The fourth-order valence-electron chi connectivity index (χ4n) is 1.21. The van der Waals surface area contributed by atoms with E-state index in [1.165, 1.54) is 0 Å². The van der Waals surface area contributed by atoms with Crippen molar-refractivity contribution in [1.82, 2.24) is 4.98 Å². The van der Waals surface area contributed by atoms with Crippen LogP contribution in [0.3, 0.4) is 0 Å². The number of hydrogen-bond acceptors (Lipinski definition) is 5. The maximum absolute atomic E-state index is 10.6. The molecule has 17 heavy (non-hydrogen) atoms. The van der Waals surface area contributed by atoms with Gasteiger partial charge in [-0.05, 0) is 12.1 Å². The van der Waals surface area contributed by atoms with Gasteiger partial charge in [0.2, 0.25) is 0 Å². The van der Waals surface area contributed by atoms with Crippen LogP contribution in [0.5, 0.6) is 16.7 Å². The third-order valence-corrected chi connectivity index (χ3v) is 3.22. The summed E-state index contributed by atoms with van der Waals surface area (Å²) in [6, 6.07) is 7.16. The molecule has 0 saturated carbocycles. The van der Waals surface area contributed by atoms with Crippen molar-refractivity contribution in [2.45, 2.75) is 0 Å². The van der Waals surface area contributed by atoms with E-state index < -0.39 is 0 Å². The van der Waals surface area contributed by atoms with Crippen molar-refractivity contribution >= 4 is 29.2 Å². The van der Waals surface area contributed by atoms with E-state index in [9.17, 15) is 4.79 Å². The molecule has 0 spiro atoms. The largest absolute Gasteiger partial charge is 0.493 e. The Morgan fingerprint density at radius 1 is 1.35 bits per heavy atom. The predicted octanol–water partition coefficient (Wildman–Crippen LogP) is 3.41. The van der Waals surface area contributed by atoms with Crippen LogP contribution < -0.4 is 9.47 Å². The minimum Gasteiger partial charge on any atom is -0.493 e. The Hall–Kier alpha value is -1.59. The van der Waals surface area contributed by atoms with Crippen LogP contribution in [0.2, 0.25) is 5.15 Å². The van der Waals surface area contributed by atoms with E-state index in [2.05, 4.69) is 4.98 Å². The summed E-state index contributed by atoms with van der Waals surface area (Å²) in [6.07, 6.45) is 0.648. The number of rotatable bonds is 4. The third-order valence-electron chi connectivity index (χ3n) is 1.96. The van der Waals surface area contributed by atoms with Gasteiger partial charge in [-0.15, -0.1) is 0 Å². The molecule has 0 radical (unpaired) electrons. The molecule has 88 valence electrons. The van der Waals surface area contributed by atoms with Gasteiger partial charge in [0.25, 0.3) is 5.19 Å². The summed E-state index contributed by atoms with van der Waals surface area (Å²) >= 11 is 6.83. The molecule has 0 saturated heterocycles. The number of aromatic nitrogens is 1. The number of ether oxygens (including phenoxy) is 2. The lowest BCUT2D eigenvalue weighted by Gasteiger charge is -2.06. The van der Waals surface area contributed by atoms with E-state index in [1.807, 2.05) is 12.1 Å². The van der Waals surface area contributed by atoms with Gasteiger partial charge < -0.3 is 9.47 Å². The molecular weight excluding hydrogens is 262 g/mol. The second-order valence-corrected chi connectivity index (χ2v) is 4.36. The average molecular weight is 270 g/mol. The molecule has 0 fully saturated rings. The highest BCUT2D eigenvalue weighted by Crippen LogP contribution is 2.35. The molecule has 0 aliphatic rings. The molecule has 0 unspecified atom stereocenters. The Morgan fingerprint density at radius 2 is 2.06 bits per heavy atom. The minimum atomic E-state index is 0.148. The number of carbonyl (C=O) groups is 1. The molecular formula is C11H8ClNO3S. The van der Waals surface area contributed by atoms with Crippen molar-refractivity contribution in [2.24, 2.45) is 0 Å². The zero-order valence-corrected chi connectivity index (χ0v) is 10.4. The van der Waals surface area contributed by atoms with Crippen molar-refractivity contribution in [1.29, 1.82) is 0 Å². The molecule has 0 N–H and O–H groups in total. The molecule has 4 nitrogen and oxygen atoms in total. The number of benzene rings is 1. The van der Waals surface area contributed by atoms with Crippen LogP contribution in [0.25, 0.3) is 0 Å². The summed E-state index contributed by atoms with van der Waals surface area (Å²) in [5.74, 6) is 1.12. The lowest BCUT2D eigenvalue weighted by atomic mass is 10.3. The highest BCUT2D eigenvalue weighted by Gasteiger charge is 2.12. The van der Waals surface area contributed by atoms with Crippen LogP contribution in [-0.4, -0.2) is 18.4 Å². The van der Waals surface area contributed by atoms with Crippen LogP contribution >= 0.6 is 22.9 Å². The number of nitrogens with zero attached hydrogens (tertiary/aromatic N) is 1. The summed E-state index contributed by atoms with van der Waals surface area (Å²) in [5.41, 5.74) is 0. The van der Waals surface area contributed by atoms with Gasteiger partial charge in [0.15, 0.2) is 22.9 Å². The summed E-state index contributed by atoms with van der Waals surface area (Å²) in [7, 11) is 1.55. The maximum atomic E-state index is 10.6. The number of carbonyl (C=O) groups excluding carboxylic acids is 1. The van der Waals surface area contributed by atoms with Gasteiger partial charge >= 0.3 is 0 Å². The highest BCUT2D eigenvalue weighted by molar-refractivity contribution is 7.15. The van der Waals surface area contributed by atoms with Crippen molar-refractivity contribution < 1.29 is 14.3 Å². The van der Waals surface area contributed by atoms with E-state index in [4.69, 9.17) is 21.1 Å². The van der Waals surface area contributed by atoms with E-state index >= 15 is 0 Å². The molecule has 1 aromatic carbocycles. The number of para-hydroxylation sites is 2. The zero-order chi connectivity index (χ0) is 12.3. The summed E-state index contributed by atoms with van der Waals surface area (Å²) < 4.78 is 10.6. The predicted molar refractivity (Wildman–Crippen MR) is 65.6 cm³/mol. The number of halogens is 1. The van der Waals surface area contributed by atoms with Gasteiger partial charge in [0, 0.05) is 0 Å². The van der Waals surface area contributed by atoms with Gasteiger partial charge in [-0.2, -0.15) is 4.98 Å². The van der Waals surface area contributed by atoms with Gasteiger partial charge in [0.05, 0.1) is 7.11 Å². The van der Waals surface area contributed by atoms with Crippen molar-refractivity contribution in [2.75, 3.05) is 7.11 Å².